The number of carbonyl (C=O) groups is 2. The topological polar surface area (TPSA) is 66.4 Å². The van der Waals surface area contributed by atoms with Crippen LogP contribution in [0.4, 0.5) is 0 Å². The molecule has 0 unspecified atom stereocenters. The van der Waals surface area contributed by atoms with Crippen LogP contribution in [0.3, 0.4) is 0 Å². The first-order valence-corrected chi connectivity index (χ1v) is 6.68. The van der Waals surface area contributed by atoms with E-state index in [9.17, 15) is 9.59 Å². The van der Waals surface area contributed by atoms with Gasteiger partial charge in [-0.1, -0.05) is 15.9 Å². The van der Waals surface area contributed by atoms with Gasteiger partial charge in [-0.05, 0) is 18.2 Å². The van der Waals surface area contributed by atoms with E-state index in [1.54, 1.807) is 25.2 Å². The molecule has 1 aromatic carbocycles. The van der Waals surface area contributed by atoms with Crippen LogP contribution in [0, 0.1) is 0 Å². The number of thioether (sulfide) groups is 1. The van der Waals surface area contributed by atoms with Gasteiger partial charge in [0.1, 0.15) is 0 Å². The van der Waals surface area contributed by atoms with Crippen LogP contribution >= 0.6 is 27.7 Å². The number of carboxylic acid groups (broad SMARTS) is 1. The SMILES string of the molecule is CNC(=O)CCSc1cc(Br)ccc1C(=O)O. The Bertz CT molecular complexity index is 437. The number of halogens is 1. The Morgan fingerprint density at radius 1 is 1.47 bits per heavy atom. The molecule has 1 aromatic rings. The van der Waals surface area contributed by atoms with Crippen molar-refractivity contribution in [2.75, 3.05) is 12.8 Å². The first-order valence-electron chi connectivity index (χ1n) is 4.91. The summed E-state index contributed by atoms with van der Waals surface area (Å²) in [5.41, 5.74) is 0.259. The fourth-order valence-corrected chi connectivity index (χ4v) is 2.71. The third-order valence-corrected chi connectivity index (χ3v) is 3.59. The summed E-state index contributed by atoms with van der Waals surface area (Å²) in [6.45, 7) is 0. The van der Waals surface area contributed by atoms with E-state index in [0.717, 1.165) is 4.47 Å². The van der Waals surface area contributed by atoms with E-state index < -0.39 is 5.97 Å². The first-order chi connectivity index (χ1) is 8.04. The molecular formula is C11H12BrNO3S. The molecule has 92 valence electrons. The van der Waals surface area contributed by atoms with Crippen molar-refractivity contribution in [3.63, 3.8) is 0 Å². The fraction of sp³-hybridized carbons (Fsp3) is 0.273. The van der Waals surface area contributed by atoms with E-state index in [1.807, 2.05) is 0 Å². The Balaban J connectivity index is 2.72. The molecule has 0 heterocycles. The van der Waals surface area contributed by atoms with Gasteiger partial charge in [-0.3, -0.25) is 4.79 Å². The second-order valence-corrected chi connectivity index (χ2v) is 5.27. The van der Waals surface area contributed by atoms with E-state index in [1.165, 1.54) is 11.8 Å². The van der Waals surface area contributed by atoms with E-state index >= 15 is 0 Å². The number of benzene rings is 1. The van der Waals surface area contributed by atoms with Crippen LogP contribution in [0.5, 0.6) is 0 Å². The summed E-state index contributed by atoms with van der Waals surface area (Å²) in [4.78, 5) is 22.7. The van der Waals surface area contributed by atoms with Crippen molar-refractivity contribution in [3.8, 4) is 0 Å². The molecule has 0 atom stereocenters. The third-order valence-electron chi connectivity index (χ3n) is 2.04. The molecule has 4 nitrogen and oxygen atoms in total. The van der Waals surface area contributed by atoms with Crippen LogP contribution in [-0.4, -0.2) is 29.8 Å². The number of hydrogen-bond acceptors (Lipinski definition) is 3. The summed E-state index contributed by atoms with van der Waals surface area (Å²) >= 11 is 4.66. The van der Waals surface area contributed by atoms with Crippen molar-refractivity contribution in [3.05, 3.63) is 28.2 Å². The van der Waals surface area contributed by atoms with Crippen molar-refractivity contribution in [1.29, 1.82) is 0 Å². The predicted molar refractivity (Wildman–Crippen MR) is 70.5 cm³/mol. The summed E-state index contributed by atoms with van der Waals surface area (Å²) in [7, 11) is 1.58. The van der Waals surface area contributed by atoms with E-state index in [0.29, 0.717) is 17.1 Å². The van der Waals surface area contributed by atoms with Gasteiger partial charge in [0.25, 0.3) is 0 Å². The molecule has 0 saturated carbocycles. The smallest absolute Gasteiger partial charge is 0.336 e. The molecule has 0 spiro atoms. The van der Waals surface area contributed by atoms with Gasteiger partial charge < -0.3 is 10.4 Å². The van der Waals surface area contributed by atoms with Crippen molar-refractivity contribution in [2.24, 2.45) is 0 Å². The van der Waals surface area contributed by atoms with Crippen molar-refractivity contribution >= 4 is 39.6 Å². The molecule has 17 heavy (non-hydrogen) atoms. The lowest BCUT2D eigenvalue weighted by molar-refractivity contribution is -0.120. The molecule has 0 aromatic heterocycles. The Morgan fingerprint density at radius 3 is 2.76 bits per heavy atom. The van der Waals surface area contributed by atoms with Crippen molar-refractivity contribution in [2.45, 2.75) is 11.3 Å². The van der Waals surface area contributed by atoms with Crippen LogP contribution in [0.1, 0.15) is 16.8 Å². The van der Waals surface area contributed by atoms with E-state index in [4.69, 9.17) is 5.11 Å². The molecule has 0 fully saturated rings. The van der Waals surface area contributed by atoms with Crippen LogP contribution in [0.2, 0.25) is 0 Å². The number of carbonyl (C=O) groups excluding carboxylic acids is 1. The van der Waals surface area contributed by atoms with Gasteiger partial charge in [0.2, 0.25) is 5.91 Å². The number of hydrogen-bond donors (Lipinski definition) is 2. The highest BCUT2D eigenvalue weighted by atomic mass is 79.9. The summed E-state index contributed by atoms with van der Waals surface area (Å²) in [5, 5.41) is 11.5. The second kappa shape index (κ2) is 6.66. The Kier molecular flexibility index (Phi) is 5.50. The highest BCUT2D eigenvalue weighted by Gasteiger charge is 2.11. The largest absolute Gasteiger partial charge is 0.478 e. The number of rotatable bonds is 5. The number of nitrogens with one attached hydrogen (secondary N) is 1. The Morgan fingerprint density at radius 2 is 2.18 bits per heavy atom. The molecule has 0 aliphatic rings. The lowest BCUT2D eigenvalue weighted by Crippen LogP contribution is -2.17. The predicted octanol–water partition coefficient (Wildman–Crippen LogP) is 2.38. The van der Waals surface area contributed by atoms with Gasteiger partial charge in [0.15, 0.2) is 0 Å². The number of aromatic carboxylic acids is 1. The summed E-state index contributed by atoms with van der Waals surface area (Å²) < 4.78 is 0.824. The molecule has 0 aliphatic carbocycles. The normalized spacial score (nSPS) is 10.0. The van der Waals surface area contributed by atoms with Crippen LogP contribution < -0.4 is 5.32 Å². The Labute approximate surface area is 112 Å². The minimum Gasteiger partial charge on any atom is -0.478 e. The van der Waals surface area contributed by atoms with Crippen molar-refractivity contribution < 1.29 is 14.7 Å². The first kappa shape index (κ1) is 14.1. The van der Waals surface area contributed by atoms with E-state index in [2.05, 4.69) is 21.2 Å². The molecule has 0 saturated heterocycles. The van der Waals surface area contributed by atoms with Crippen LogP contribution in [-0.2, 0) is 4.79 Å². The minimum absolute atomic E-state index is 0.0515. The second-order valence-electron chi connectivity index (χ2n) is 3.22. The van der Waals surface area contributed by atoms with Gasteiger partial charge in [-0.15, -0.1) is 11.8 Å². The maximum Gasteiger partial charge on any atom is 0.336 e. The quantitative estimate of drug-likeness (QED) is 0.818. The van der Waals surface area contributed by atoms with Gasteiger partial charge in [-0.2, -0.15) is 0 Å². The number of amides is 1. The molecule has 1 amide bonds. The highest BCUT2D eigenvalue weighted by molar-refractivity contribution is 9.10. The zero-order valence-corrected chi connectivity index (χ0v) is 11.6. The Hall–Kier alpha value is -1.01. The summed E-state index contributed by atoms with van der Waals surface area (Å²) in [6, 6.07) is 4.98. The van der Waals surface area contributed by atoms with E-state index in [-0.39, 0.29) is 11.5 Å². The standard InChI is InChI=1S/C11H12BrNO3S/c1-13-10(14)4-5-17-9-6-7(12)2-3-8(9)11(15)16/h2-3,6H,4-5H2,1H3,(H,13,14)(H,15,16). The molecule has 0 aliphatic heterocycles. The summed E-state index contributed by atoms with van der Waals surface area (Å²) in [6.07, 6.45) is 0.368. The molecular weight excluding hydrogens is 306 g/mol. The third kappa shape index (κ3) is 4.40. The van der Waals surface area contributed by atoms with Crippen molar-refractivity contribution in [1.82, 2.24) is 5.32 Å². The highest BCUT2D eigenvalue weighted by Crippen LogP contribution is 2.27. The number of carboxylic acids is 1. The average Bonchev–Trinajstić information content (AvgIpc) is 2.28. The maximum atomic E-state index is 11.0. The van der Waals surface area contributed by atoms with Gasteiger partial charge in [0, 0.05) is 28.6 Å². The maximum absolute atomic E-state index is 11.0. The molecule has 6 heteroatoms. The molecule has 2 N–H and O–H groups in total. The average molecular weight is 318 g/mol. The molecule has 0 radical (unpaired) electrons. The monoisotopic (exact) mass is 317 g/mol. The summed E-state index contributed by atoms with van der Waals surface area (Å²) in [5.74, 6) is -0.458. The molecule has 1 rings (SSSR count). The van der Waals surface area contributed by atoms with Crippen LogP contribution in [0.15, 0.2) is 27.6 Å². The minimum atomic E-state index is -0.958. The lowest BCUT2D eigenvalue weighted by Gasteiger charge is -2.06. The van der Waals surface area contributed by atoms with Gasteiger partial charge >= 0.3 is 5.97 Å². The van der Waals surface area contributed by atoms with Gasteiger partial charge in [0.05, 0.1) is 5.56 Å². The zero-order valence-electron chi connectivity index (χ0n) is 9.20. The lowest BCUT2D eigenvalue weighted by atomic mass is 10.2. The van der Waals surface area contributed by atoms with Crippen LogP contribution in [0.25, 0.3) is 0 Å². The zero-order chi connectivity index (χ0) is 12.8. The fourth-order valence-electron chi connectivity index (χ4n) is 1.17. The van der Waals surface area contributed by atoms with Gasteiger partial charge in [-0.25, -0.2) is 4.79 Å². The molecule has 0 bridgehead atoms.